The van der Waals surface area contributed by atoms with Crippen LogP contribution in [0.5, 0.6) is 0 Å². The molecule has 0 aromatic heterocycles. The van der Waals surface area contributed by atoms with Crippen molar-refractivity contribution in [1.82, 2.24) is 0 Å². The Labute approximate surface area is 127 Å². The molecule has 0 saturated carbocycles. The highest BCUT2D eigenvalue weighted by Crippen LogP contribution is 2.20. The van der Waals surface area contributed by atoms with Gasteiger partial charge in [-0.3, -0.25) is 4.79 Å². The summed E-state index contributed by atoms with van der Waals surface area (Å²) in [6.45, 7) is 4.77. The minimum Gasteiger partial charge on any atom is -0.381 e. The molecule has 0 heterocycles. The topological polar surface area (TPSA) is 55.1 Å². The van der Waals surface area contributed by atoms with Gasteiger partial charge in [0.15, 0.2) is 0 Å². The third kappa shape index (κ3) is 3.39. The average Bonchev–Trinajstić information content (AvgIpc) is 2.41. The number of carbonyl (C=O) groups excluding carboxylic acids is 1. The smallest absolute Gasteiger partial charge is 0.248 e. The van der Waals surface area contributed by atoms with Gasteiger partial charge in [0.2, 0.25) is 5.91 Å². The van der Waals surface area contributed by atoms with E-state index < -0.39 is 5.91 Å². The molecule has 0 radical (unpaired) electrons. The van der Waals surface area contributed by atoms with Crippen LogP contribution >= 0.6 is 15.9 Å². The summed E-state index contributed by atoms with van der Waals surface area (Å²) in [7, 11) is 0. The normalized spacial score (nSPS) is 10.3. The molecule has 1 amide bonds. The van der Waals surface area contributed by atoms with Gasteiger partial charge in [0.25, 0.3) is 0 Å². The van der Waals surface area contributed by atoms with Crippen molar-refractivity contribution in [3.05, 3.63) is 63.1 Å². The number of carbonyl (C=O) groups is 1. The van der Waals surface area contributed by atoms with Crippen LogP contribution in [-0.2, 0) is 6.54 Å². The summed E-state index contributed by atoms with van der Waals surface area (Å²) in [4.78, 5) is 11.1. The number of hydrogen-bond donors (Lipinski definition) is 2. The number of benzene rings is 2. The first-order valence-electron chi connectivity index (χ1n) is 6.36. The third-order valence-corrected chi connectivity index (χ3v) is 4.11. The number of rotatable bonds is 4. The molecule has 0 bridgehead atoms. The van der Waals surface area contributed by atoms with Crippen molar-refractivity contribution in [1.29, 1.82) is 0 Å². The molecule has 0 spiro atoms. The molecule has 2 aromatic rings. The van der Waals surface area contributed by atoms with E-state index in [-0.39, 0.29) is 0 Å². The molecule has 0 unspecified atom stereocenters. The largest absolute Gasteiger partial charge is 0.381 e. The number of halogens is 1. The van der Waals surface area contributed by atoms with Crippen molar-refractivity contribution in [2.45, 2.75) is 20.4 Å². The molecule has 0 aliphatic rings. The van der Waals surface area contributed by atoms with E-state index in [1.54, 1.807) is 12.1 Å². The van der Waals surface area contributed by atoms with Gasteiger partial charge in [0.05, 0.1) is 0 Å². The molecule has 0 aliphatic carbocycles. The summed E-state index contributed by atoms with van der Waals surface area (Å²) in [6, 6.07) is 11.7. The van der Waals surface area contributed by atoms with Gasteiger partial charge in [-0.15, -0.1) is 0 Å². The number of hydrogen-bond acceptors (Lipinski definition) is 2. The Bertz CT molecular complexity index is 653. The summed E-state index contributed by atoms with van der Waals surface area (Å²) < 4.78 is 1.11. The Morgan fingerprint density at radius 3 is 2.50 bits per heavy atom. The number of nitrogens with one attached hydrogen (secondary N) is 1. The number of primary amides is 1. The first-order valence-corrected chi connectivity index (χ1v) is 7.16. The predicted octanol–water partition coefficient (Wildman–Crippen LogP) is 3.78. The lowest BCUT2D eigenvalue weighted by atomic mass is 10.1. The van der Waals surface area contributed by atoms with Crippen molar-refractivity contribution in [3.63, 3.8) is 0 Å². The van der Waals surface area contributed by atoms with Crippen molar-refractivity contribution in [2.75, 3.05) is 5.32 Å². The fourth-order valence-electron chi connectivity index (χ4n) is 2.03. The molecule has 2 aromatic carbocycles. The van der Waals surface area contributed by atoms with E-state index in [9.17, 15) is 4.79 Å². The second-order valence-corrected chi connectivity index (χ2v) is 5.69. The van der Waals surface area contributed by atoms with Crippen LogP contribution in [0.15, 0.2) is 40.9 Å². The van der Waals surface area contributed by atoms with Crippen molar-refractivity contribution < 1.29 is 4.79 Å². The molecule has 3 nitrogen and oxygen atoms in total. The van der Waals surface area contributed by atoms with E-state index in [1.807, 2.05) is 13.0 Å². The van der Waals surface area contributed by atoms with Gasteiger partial charge in [0.1, 0.15) is 0 Å². The van der Waals surface area contributed by atoms with Crippen LogP contribution in [0.1, 0.15) is 27.0 Å². The van der Waals surface area contributed by atoms with Gasteiger partial charge in [0, 0.05) is 22.3 Å². The van der Waals surface area contributed by atoms with E-state index >= 15 is 0 Å². The highest BCUT2D eigenvalue weighted by atomic mass is 79.9. The quantitative estimate of drug-likeness (QED) is 0.895. The van der Waals surface area contributed by atoms with Crippen LogP contribution in [0.2, 0.25) is 0 Å². The van der Waals surface area contributed by atoms with Crippen LogP contribution in [-0.4, -0.2) is 5.91 Å². The molecule has 2 rings (SSSR count). The number of amides is 1. The SMILES string of the molecule is Cc1cc(CNc2ccc(C(N)=O)cc2C)ccc1Br. The number of nitrogens with two attached hydrogens (primary N) is 1. The highest BCUT2D eigenvalue weighted by Gasteiger charge is 2.04. The summed E-state index contributed by atoms with van der Waals surface area (Å²) in [5.41, 5.74) is 10.2. The third-order valence-electron chi connectivity index (χ3n) is 3.22. The number of aryl methyl sites for hydroxylation is 2. The molecule has 0 saturated heterocycles. The first-order chi connectivity index (χ1) is 9.47. The maximum atomic E-state index is 11.1. The molecule has 4 heteroatoms. The molecule has 0 aliphatic heterocycles. The minimum absolute atomic E-state index is 0.400. The van der Waals surface area contributed by atoms with Gasteiger partial charge in [-0.05, 0) is 54.8 Å². The van der Waals surface area contributed by atoms with Crippen molar-refractivity contribution in [3.8, 4) is 0 Å². The maximum absolute atomic E-state index is 11.1. The van der Waals surface area contributed by atoms with Crippen molar-refractivity contribution in [2.24, 2.45) is 5.73 Å². The Hall–Kier alpha value is -1.81. The average molecular weight is 333 g/mol. The Morgan fingerprint density at radius 2 is 1.90 bits per heavy atom. The molecule has 3 N–H and O–H groups in total. The fraction of sp³-hybridized carbons (Fsp3) is 0.188. The predicted molar refractivity (Wildman–Crippen MR) is 85.9 cm³/mol. The van der Waals surface area contributed by atoms with Crippen LogP contribution in [0, 0.1) is 13.8 Å². The maximum Gasteiger partial charge on any atom is 0.248 e. The van der Waals surface area contributed by atoms with Crippen LogP contribution in [0.4, 0.5) is 5.69 Å². The molecule has 0 atom stereocenters. The van der Waals surface area contributed by atoms with Gasteiger partial charge >= 0.3 is 0 Å². The van der Waals surface area contributed by atoms with E-state index in [2.05, 4.69) is 46.4 Å². The Morgan fingerprint density at radius 1 is 1.15 bits per heavy atom. The lowest BCUT2D eigenvalue weighted by Crippen LogP contribution is -2.11. The highest BCUT2D eigenvalue weighted by molar-refractivity contribution is 9.10. The summed E-state index contributed by atoms with van der Waals surface area (Å²) in [5, 5.41) is 3.37. The van der Waals surface area contributed by atoms with E-state index in [4.69, 9.17) is 5.73 Å². The molecular formula is C16H17BrN2O. The van der Waals surface area contributed by atoms with Crippen molar-refractivity contribution >= 4 is 27.5 Å². The Balaban J connectivity index is 2.10. The van der Waals surface area contributed by atoms with Crippen LogP contribution < -0.4 is 11.1 Å². The monoisotopic (exact) mass is 332 g/mol. The summed E-state index contributed by atoms with van der Waals surface area (Å²) >= 11 is 3.49. The number of anilines is 1. The van der Waals surface area contributed by atoms with Crippen LogP contribution in [0.3, 0.4) is 0 Å². The van der Waals surface area contributed by atoms with Gasteiger partial charge in [-0.2, -0.15) is 0 Å². The molecule has 20 heavy (non-hydrogen) atoms. The first kappa shape index (κ1) is 14.6. The van der Waals surface area contributed by atoms with Gasteiger partial charge < -0.3 is 11.1 Å². The lowest BCUT2D eigenvalue weighted by Gasteiger charge is -2.11. The van der Waals surface area contributed by atoms with Crippen LogP contribution in [0.25, 0.3) is 0 Å². The minimum atomic E-state index is -0.400. The van der Waals surface area contributed by atoms with E-state index in [1.165, 1.54) is 11.1 Å². The zero-order chi connectivity index (χ0) is 14.7. The molecule has 104 valence electrons. The second-order valence-electron chi connectivity index (χ2n) is 4.83. The van der Waals surface area contributed by atoms with Gasteiger partial charge in [-0.1, -0.05) is 28.1 Å². The summed E-state index contributed by atoms with van der Waals surface area (Å²) in [5.74, 6) is -0.400. The van der Waals surface area contributed by atoms with E-state index in [0.717, 1.165) is 22.3 Å². The standard InChI is InChI=1S/C16H17BrN2O/c1-10-7-12(3-5-14(10)17)9-19-15-6-4-13(16(18)20)8-11(15)2/h3-8,19H,9H2,1-2H3,(H2,18,20). The fourth-order valence-corrected chi connectivity index (χ4v) is 2.28. The lowest BCUT2D eigenvalue weighted by molar-refractivity contribution is 0.1000. The Kier molecular flexibility index (Phi) is 4.45. The second kappa shape index (κ2) is 6.09. The summed E-state index contributed by atoms with van der Waals surface area (Å²) in [6.07, 6.45) is 0. The molecule has 0 fully saturated rings. The zero-order valence-electron chi connectivity index (χ0n) is 11.5. The van der Waals surface area contributed by atoms with Gasteiger partial charge in [-0.25, -0.2) is 0 Å². The zero-order valence-corrected chi connectivity index (χ0v) is 13.1. The van der Waals surface area contributed by atoms with E-state index in [0.29, 0.717) is 5.56 Å². The molecular weight excluding hydrogens is 316 g/mol.